The first-order valence-corrected chi connectivity index (χ1v) is 11.8. The number of nitrogens with zero attached hydrogens (tertiary/aromatic N) is 3. The molecule has 6 nitrogen and oxygen atoms in total. The Morgan fingerprint density at radius 2 is 1.91 bits per heavy atom. The highest BCUT2D eigenvalue weighted by Crippen LogP contribution is 2.22. The van der Waals surface area contributed by atoms with Crippen LogP contribution >= 0.6 is 0 Å². The van der Waals surface area contributed by atoms with E-state index in [-0.39, 0.29) is 5.91 Å². The van der Waals surface area contributed by atoms with Gasteiger partial charge in [0.15, 0.2) is 5.96 Å². The molecule has 0 bridgehead atoms. The van der Waals surface area contributed by atoms with E-state index in [1.165, 1.54) is 5.56 Å². The number of rotatable bonds is 8. The predicted octanol–water partition coefficient (Wildman–Crippen LogP) is 3.82. The fraction of sp³-hybridized carbons (Fsp3) is 0.462. The van der Waals surface area contributed by atoms with Gasteiger partial charge in [0, 0.05) is 44.2 Å². The highest BCUT2D eigenvalue weighted by atomic mass is 16.5. The molecule has 1 atom stereocenters. The van der Waals surface area contributed by atoms with E-state index in [2.05, 4.69) is 53.5 Å². The van der Waals surface area contributed by atoms with Crippen LogP contribution in [0.15, 0.2) is 59.6 Å². The number of carbonyl (C=O) groups excluding carboxylic acids is 1. The number of hydrogen-bond donors (Lipinski definition) is 1. The van der Waals surface area contributed by atoms with Gasteiger partial charge in [0.25, 0.3) is 0 Å². The number of hydrogen-bond acceptors (Lipinski definition) is 3. The van der Waals surface area contributed by atoms with Crippen LogP contribution in [0.3, 0.4) is 0 Å². The molecule has 6 heteroatoms. The molecule has 1 unspecified atom stereocenters. The van der Waals surface area contributed by atoms with Crippen molar-refractivity contribution in [3.8, 4) is 0 Å². The average Bonchev–Trinajstić information content (AvgIpc) is 3.47. The largest absolute Gasteiger partial charge is 0.376 e. The van der Waals surface area contributed by atoms with Gasteiger partial charge in [-0.15, -0.1) is 0 Å². The molecule has 4 rings (SSSR count). The number of aliphatic imine (C=N–C) groups is 1. The van der Waals surface area contributed by atoms with Crippen LogP contribution in [-0.4, -0.2) is 49.6 Å². The summed E-state index contributed by atoms with van der Waals surface area (Å²) in [6.45, 7) is 7.83. The van der Waals surface area contributed by atoms with E-state index in [0.717, 1.165) is 62.8 Å². The Bertz CT molecular complexity index is 898. The minimum atomic E-state index is 0.224. The van der Waals surface area contributed by atoms with Crippen molar-refractivity contribution in [3.63, 3.8) is 0 Å². The van der Waals surface area contributed by atoms with Crippen LogP contribution in [0.1, 0.15) is 37.3 Å². The monoisotopic (exact) mass is 434 g/mol. The second kappa shape index (κ2) is 11.1. The molecule has 32 heavy (non-hydrogen) atoms. The maximum absolute atomic E-state index is 11.9. The lowest BCUT2D eigenvalue weighted by molar-refractivity contribution is -0.117. The van der Waals surface area contributed by atoms with Crippen LogP contribution in [0.5, 0.6) is 0 Å². The fourth-order valence-electron chi connectivity index (χ4n) is 4.37. The maximum Gasteiger partial charge on any atom is 0.227 e. The van der Waals surface area contributed by atoms with Crippen molar-refractivity contribution in [2.75, 3.05) is 37.7 Å². The average molecular weight is 435 g/mol. The molecule has 0 spiro atoms. The van der Waals surface area contributed by atoms with Crippen LogP contribution < -0.4 is 10.2 Å². The van der Waals surface area contributed by atoms with Crippen LogP contribution in [0.25, 0.3) is 0 Å². The van der Waals surface area contributed by atoms with E-state index < -0.39 is 0 Å². The Labute approximate surface area is 191 Å². The van der Waals surface area contributed by atoms with Gasteiger partial charge in [0.1, 0.15) is 0 Å². The summed E-state index contributed by atoms with van der Waals surface area (Å²) in [4.78, 5) is 21.0. The first-order chi connectivity index (χ1) is 15.7. The number of anilines is 1. The number of guanidine groups is 1. The van der Waals surface area contributed by atoms with E-state index in [4.69, 9.17) is 9.73 Å². The molecular weight excluding hydrogens is 400 g/mol. The van der Waals surface area contributed by atoms with Gasteiger partial charge in [-0.25, -0.2) is 4.99 Å². The van der Waals surface area contributed by atoms with Crippen LogP contribution in [-0.2, 0) is 22.7 Å². The third-order valence-corrected chi connectivity index (χ3v) is 6.12. The summed E-state index contributed by atoms with van der Waals surface area (Å²) in [6, 6.07) is 18.6. The molecule has 2 heterocycles. The summed E-state index contributed by atoms with van der Waals surface area (Å²) >= 11 is 0. The zero-order valence-electron chi connectivity index (χ0n) is 19.0. The fourth-order valence-corrected chi connectivity index (χ4v) is 4.37. The lowest BCUT2D eigenvalue weighted by atomic mass is 10.1. The van der Waals surface area contributed by atoms with Crippen molar-refractivity contribution >= 4 is 17.6 Å². The third kappa shape index (κ3) is 5.88. The third-order valence-electron chi connectivity index (χ3n) is 6.12. The molecule has 0 aliphatic carbocycles. The summed E-state index contributed by atoms with van der Waals surface area (Å²) in [7, 11) is 0. The molecule has 1 amide bonds. The smallest absolute Gasteiger partial charge is 0.227 e. The quantitative estimate of drug-likeness (QED) is 0.507. The lowest BCUT2D eigenvalue weighted by Gasteiger charge is -2.22. The Kier molecular flexibility index (Phi) is 7.77. The van der Waals surface area contributed by atoms with Crippen molar-refractivity contribution in [1.82, 2.24) is 10.2 Å². The normalized spacial score (nSPS) is 19.1. The molecule has 2 saturated heterocycles. The summed E-state index contributed by atoms with van der Waals surface area (Å²) in [6.07, 6.45) is 2.73. The molecular formula is C26H34N4O2. The SMILES string of the molecule is CCNC(=NCc1ccc(N2CCCC2=O)cc1)N1CCC(COCc2ccccc2)C1. The van der Waals surface area contributed by atoms with E-state index in [9.17, 15) is 4.79 Å². The Hall–Kier alpha value is -2.86. The standard InChI is InChI=1S/C26H34N4O2/c1-2-27-26(28-17-21-10-12-24(13-11-21)30-15-6-9-25(30)31)29-16-14-23(18-29)20-32-19-22-7-4-3-5-8-22/h3-5,7-8,10-13,23H,2,6,9,14-20H2,1H3,(H,27,28). The second-order valence-corrected chi connectivity index (χ2v) is 8.59. The van der Waals surface area contributed by atoms with Crippen LogP contribution in [0.4, 0.5) is 5.69 Å². The molecule has 2 aliphatic rings. The number of ether oxygens (including phenoxy) is 1. The number of likely N-dealkylation sites (tertiary alicyclic amines) is 1. The van der Waals surface area contributed by atoms with Crippen molar-refractivity contribution in [2.45, 2.75) is 39.3 Å². The Balaban J connectivity index is 1.28. The zero-order chi connectivity index (χ0) is 22.2. The highest BCUT2D eigenvalue weighted by molar-refractivity contribution is 5.95. The lowest BCUT2D eigenvalue weighted by Crippen LogP contribution is -2.40. The molecule has 0 radical (unpaired) electrons. The van der Waals surface area contributed by atoms with Gasteiger partial charge in [0.05, 0.1) is 19.8 Å². The van der Waals surface area contributed by atoms with E-state index in [1.807, 2.05) is 23.1 Å². The highest BCUT2D eigenvalue weighted by Gasteiger charge is 2.25. The number of carbonyl (C=O) groups is 1. The molecule has 0 saturated carbocycles. The second-order valence-electron chi connectivity index (χ2n) is 8.59. The van der Waals surface area contributed by atoms with Gasteiger partial charge >= 0.3 is 0 Å². The van der Waals surface area contributed by atoms with Crippen LogP contribution in [0, 0.1) is 5.92 Å². The molecule has 2 aromatic rings. The van der Waals surface area contributed by atoms with E-state index in [0.29, 0.717) is 25.5 Å². The minimum absolute atomic E-state index is 0.224. The van der Waals surface area contributed by atoms with Crippen molar-refractivity contribution in [2.24, 2.45) is 10.9 Å². The van der Waals surface area contributed by atoms with Gasteiger partial charge in [-0.3, -0.25) is 4.79 Å². The topological polar surface area (TPSA) is 57.2 Å². The minimum Gasteiger partial charge on any atom is -0.376 e. The van der Waals surface area contributed by atoms with Crippen LogP contribution in [0.2, 0.25) is 0 Å². The molecule has 0 aromatic heterocycles. The maximum atomic E-state index is 11.9. The summed E-state index contributed by atoms with van der Waals surface area (Å²) in [5, 5.41) is 3.44. The summed E-state index contributed by atoms with van der Waals surface area (Å²) in [5.41, 5.74) is 3.36. The molecule has 1 N–H and O–H groups in total. The molecule has 2 aromatic carbocycles. The van der Waals surface area contributed by atoms with Crippen molar-refractivity contribution in [1.29, 1.82) is 0 Å². The molecule has 2 aliphatic heterocycles. The Morgan fingerprint density at radius 3 is 2.62 bits per heavy atom. The summed E-state index contributed by atoms with van der Waals surface area (Å²) in [5.74, 6) is 1.72. The zero-order valence-corrected chi connectivity index (χ0v) is 19.0. The van der Waals surface area contributed by atoms with E-state index >= 15 is 0 Å². The van der Waals surface area contributed by atoms with Gasteiger partial charge in [-0.05, 0) is 43.0 Å². The number of amides is 1. The predicted molar refractivity (Wildman–Crippen MR) is 129 cm³/mol. The van der Waals surface area contributed by atoms with Crippen molar-refractivity contribution < 1.29 is 9.53 Å². The molecule has 2 fully saturated rings. The number of nitrogens with one attached hydrogen (secondary N) is 1. The van der Waals surface area contributed by atoms with Gasteiger partial charge < -0.3 is 19.9 Å². The van der Waals surface area contributed by atoms with Gasteiger partial charge in [-0.1, -0.05) is 42.5 Å². The van der Waals surface area contributed by atoms with Crippen molar-refractivity contribution in [3.05, 3.63) is 65.7 Å². The van der Waals surface area contributed by atoms with Gasteiger partial charge in [0.2, 0.25) is 5.91 Å². The Morgan fingerprint density at radius 1 is 1.09 bits per heavy atom. The van der Waals surface area contributed by atoms with Gasteiger partial charge in [-0.2, -0.15) is 0 Å². The first-order valence-electron chi connectivity index (χ1n) is 11.8. The number of benzene rings is 2. The van der Waals surface area contributed by atoms with E-state index in [1.54, 1.807) is 0 Å². The summed E-state index contributed by atoms with van der Waals surface area (Å²) < 4.78 is 5.97. The first kappa shape index (κ1) is 22.3. The molecule has 170 valence electrons.